The van der Waals surface area contributed by atoms with E-state index in [9.17, 15) is 18.0 Å². The standard InChI is InChI=1S/C23H21F3N4O3/c1-13-2-5-15(6-3-13)16-9-20(23(24,25)26)30-21(28-16)10-17(29-30)22(31)27-11-14-4-7-18-19(8-14)33-12-32-18/h2-8,10,16,20,28H,9,11-12H2,1H3,(H,27,31)/t16-,20+/m1/s1. The molecule has 0 aliphatic carbocycles. The summed E-state index contributed by atoms with van der Waals surface area (Å²) in [4.78, 5) is 12.7. The number of fused-ring (bicyclic) bond motifs is 2. The predicted octanol–water partition coefficient (Wildman–Crippen LogP) is 4.51. The van der Waals surface area contributed by atoms with Crippen molar-refractivity contribution in [2.24, 2.45) is 0 Å². The van der Waals surface area contributed by atoms with E-state index < -0.39 is 24.2 Å². The largest absolute Gasteiger partial charge is 0.454 e. The number of alkyl halides is 3. The minimum Gasteiger partial charge on any atom is -0.454 e. The van der Waals surface area contributed by atoms with E-state index in [0.717, 1.165) is 21.4 Å². The van der Waals surface area contributed by atoms with Crippen molar-refractivity contribution in [1.82, 2.24) is 15.1 Å². The molecule has 0 saturated carbocycles. The Morgan fingerprint density at radius 1 is 1.15 bits per heavy atom. The number of ether oxygens (including phenoxy) is 2. The maximum absolute atomic E-state index is 13.9. The molecule has 3 heterocycles. The van der Waals surface area contributed by atoms with E-state index in [1.807, 2.05) is 31.2 Å². The van der Waals surface area contributed by atoms with E-state index in [-0.39, 0.29) is 31.3 Å². The highest BCUT2D eigenvalue weighted by Gasteiger charge is 2.46. The Labute approximate surface area is 187 Å². The maximum atomic E-state index is 13.9. The van der Waals surface area contributed by atoms with Crippen LogP contribution in [0.15, 0.2) is 48.5 Å². The summed E-state index contributed by atoms with van der Waals surface area (Å²) in [5.74, 6) is 0.796. The number of amides is 1. The highest BCUT2D eigenvalue weighted by molar-refractivity contribution is 5.93. The lowest BCUT2D eigenvalue weighted by atomic mass is 9.96. The van der Waals surface area contributed by atoms with E-state index in [1.165, 1.54) is 6.07 Å². The molecule has 1 aromatic heterocycles. The number of carbonyl (C=O) groups is 1. The van der Waals surface area contributed by atoms with Gasteiger partial charge in [0.15, 0.2) is 23.2 Å². The van der Waals surface area contributed by atoms with E-state index in [1.54, 1.807) is 18.2 Å². The molecular formula is C23H21F3N4O3. The monoisotopic (exact) mass is 458 g/mol. The summed E-state index contributed by atoms with van der Waals surface area (Å²) in [6.07, 6.45) is -4.73. The van der Waals surface area contributed by atoms with Crippen LogP contribution in [0.1, 0.15) is 45.7 Å². The second-order valence-corrected chi connectivity index (χ2v) is 8.13. The van der Waals surface area contributed by atoms with Crippen LogP contribution in [0.2, 0.25) is 0 Å². The number of aromatic nitrogens is 2. The van der Waals surface area contributed by atoms with Crippen molar-refractivity contribution >= 4 is 11.7 Å². The van der Waals surface area contributed by atoms with E-state index in [0.29, 0.717) is 11.5 Å². The molecule has 2 aliphatic heterocycles. The van der Waals surface area contributed by atoms with Crippen LogP contribution < -0.4 is 20.1 Å². The Morgan fingerprint density at radius 2 is 1.91 bits per heavy atom. The Morgan fingerprint density at radius 3 is 2.67 bits per heavy atom. The SMILES string of the molecule is Cc1ccc([C@H]2C[C@@H](C(F)(F)F)n3nc(C(=O)NCc4ccc5c(c4)OCO5)cc3N2)cc1. The molecule has 0 fully saturated rings. The van der Waals surface area contributed by atoms with Crippen molar-refractivity contribution in [3.8, 4) is 11.5 Å². The van der Waals surface area contributed by atoms with E-state index in [2.05, 4.69) is 15.7 Å². The first-order valence-electron chi connectivity index (χ1n) is 10.4. The fourth-order valence-electron chi connectivity index (χ4n) is 4.03. The van der Waals surface area contributed by atoms with Crippen molar-refractivity contribution in [2.45, 2.75) is 38.1 Å². The average molecular weight is 458 g/mol. The van der Waals surface area contributed by atoms with Crippen LogP contribution >= 0.6 is 0 Å². The predicted molar refractivity (Wildman–Crippen MR) is 113 cm³/mol. The molecule has 1 amide bonds. The fraction of sp³-hybridized carbons (Fsp3) is 0.304. The normalized spacial score (nSPS) is 19.0. The van der Waals surface area contributed by atoms with Crippen LogP contribution in [0.5, 0.6) is 11.5 Å². The van der Waals surface area contributed by atoms with Gasteiger partial charge in [0.05, 0.1) is 6.04 Å². The van der Waals surface area contributed by atoms with Gasteiger partial charge in [0, 0.05) is 19.0 Å². The lowest BCUT2D eigenvalue weighted by Gasteiger charge is -2.33. The summed E-state index contributed by atoms with van der Waals surface area (Å²) in [7, 11) is 0. The second-order valence-electron chi connectivity index (χ2n) is 8.13. The summed E-state index contributed by atoms with van der Waals surface area (Å²) in [5.41, 5.74) is 2.45. The topological polar surface area (TPSA) is 77.4 Å². The van der Waals surface area contributed by atoms with Crippen LogP contribution in [-0.2, 0) is 6.54 Å². The van der Waals surface area contributed by atoms with Gasteiger partial charge in [0.1, 0.15) is 5.82 Å². The third-order valence-corrected chi connectivity index (χ3v) is 5.79. The molecule has 0 unspecified atom stereocenters. The van der Waals surface area contributed by atoms with Gasteiger partial charge in [0.25, 0.3) is 5.91 Å². The minimum atomic E-state index is -4.51. The fourth-order valence-corrected chi connectivity index (χ4v) is 4.03. The molecule has 5 rings (SSSR count). The smallest absolute Gasteiger partial charge is 0.410 e. The zero-order chi connectivity index (χ0) is 23.2. The molecule has 10 heteroatoms. The molecule has 172 valence electrons. The number of carbonyl (C=O) groups excluding carboxylic acids is 1. The van der Waals surface area contributed by atoms with Gasteiger partial charge in [-0.1, -0.05) is 35.9 Å². The number of hydrogen-bond acceptors (Lipinski definition) is 5. The summed E-state index contributed by atoms with van der Waals surface area (Å²) < 4.78 is 53.0. The number of halogens is 3. The molecule has 2 atom stereocenters. The third kappa shape index (κ3) is 4.20. The summed E-state index contributed by atoms with van der Waals surface area (Å²) in [6.45, 7) is 2.22. The molecule has 7 nitrogen and oxygen atoms in total. The van der Waals surface area contributed by atoms with Crippen LogP contribution in [0.25, 0.3) is 0 Å². The van der Waals surface area contributed by atoms with Crippen molar-refractivity contribution in [3.63, 3.8) is 0 Å². The van der Waals surface area contributed by atoms with Gasteiger partial charge < -0.3 is 20.1 Å². The Kier molecular flexibility index (Phi) is 5.15. The molecular weight excluding hydrogens is 437 g/mol. The van der Waals surface area contributed by atoms with Gasteiger partial charge in [-0.05, 0) is 30.2 Å². The van der Waals surface area contributed by atoms with E-state index in [4.69, 9.17) is 9.47 Å². The quantitative estimate of drug-likeness (QED) is 0.602. The maximum Gasteiger partial charge on any atom is 0.410 e. The molecule has 2 N–H and O–H groups in total. The van der Waals surface area contributed by atoms with Gasteiger partial charge >= 0.3 is 6.18 Å². The molecule has 0 saturated heterocycles. The molecule has 0 spiro atoms. The van der Waals surface area contributed by atoms with Gasteiger partial charge in [-0.2, -0.15) is 18.3 Å². The van der Waals surface area contributed by atoms with Gasteiger partial charge in [-0.15, -0.1) is 0 Å². The molecule has 0 bridgehead atoms. The van der Waals surface area contributed by atoms with Crippen molar-refractivity contribution in [2.75, 3.05) is 12.1 Å². The summed E-state index contributed by atoms with van der Waals surface area (Å²) >= 11 is 0. The Hall–Kier alpha value is -3.69. The molecule has 2 aliphatic rings. The van der Waals surface area contributed by atoms with Crippen molar-refractivity contribution in [1.29, 1.82) is 0 Å². The van der Waals surface area contributed by atoms with Crippen LogP contribution in [0, 0.1) is 6.92 Å². The molecule has 0 radical (unpaired) electrons. The van der Waals surface area contributed by atoms with Crippen LogP contribution in [0.4, 0.5) is 19.0 Å². The molecule has 3 aromatic rings. The Balaban J connectivity index is 1.35. The number of rotatable bonds is 4. The average Bonchev–Trinajstić information content (AvgIpc) is 3.43. The number of benzene rings is 2. The number of nitrogens with zero attached hydrogens (tertiary/aromatic N) is 2. The molecule has 33 heavy (non-hydrogen) atoms. The van der Waals surface area contributed by atoms with Gasteiger partial charge in [0.2, 0.25) is 6.79 Å². The second kappa shape index (κ2) is 8.02. The highest BCUT2D eigenvalue weighted by Crippen LogP contribution is 2.43. The summed E-state index contributed by atoms with van der Waals surface area (Å²) in [5, 5.41) is 9.79. The lowest BCUT2D eigenvalue weighted by Crippen LogP contribution is -2.35. The van der Waals surface area contributed by atoms with Crippen molar-refractivity contribution < 1.29 is 27.4 Å². The number of aryl methyl sites for hydroxylation is 1. The first-order chi connectivity index (χ1) is 15.8. The number of hydrogen-bond donors (Lipinski definition) is 2. The number of nitrogens with one attached hydrogen (secondary N) is 2. The third-order valence-electron chi connectivity index (χ3n) is 5.79. The Bertz CT molecular complexity index is 1190. The van der Waals surface area contributed by atoms with Crippen LogP contribution in [-0.4, -0.2) is 28.7 Å². The lowest BCUT2D eigenvalue weighted by molar-refractivity contribution is -0.173. The highest BCUT2D eigenvalue weighted by atomic mass is 19.4. The van der Waals surface area contributed by atoms with Gasteiger partial charge in [-0.3, -0.25) is 4.79 Å². The van der Waals surface area contributed by atoms with Gasteiger partial charge in [-0.25, -0.2) is 4.68 Å². The van der Waals surface area contributed by atoms with Crippen LogP contribution in [0.3, 0.4) is 0 Å². The molecule has 2 aromatic carbocycles. The van der Waals surface area contributed by atoms with E-state index >= 15 is 0 Å². The first-order valence-corrected chi connectivity index (χ1v) is 10.4. The zero-order valence-corrected chi connectivity index (χ0v) is 17.6. The minimum absolute atomic E-state index is 0.0861. The first kappa shape index (κ1) is 21.2. The summed E-state index contributed by atoms with van der Waals surface area (Å²) in [6, 6.07) is 11.6. The van der Waals surface area contributed by atoms with Crippen molar-refractivity contribution in [3.05, 3.63) is 70.9 Å². The number of anilines is 1. The zero-order valence-electron chi connectivity index (χ0n) is 17.6.